The minimum Gasteiger partial charge on any atom is -0.341 e. The number of nitrogens with one attached hydrogen (secondary N) is 2. The van der Waals surface area contributed by atoms with E-state index in [2.05, 4.69) is 22.2 Å². The Bertz CT molecular complexity index is 1160. The van der Waals surface area contributed by atoms with Crippen molar-refractivity contribution in [3.05, 3.63) is 89.5 Å². The van der Waals surface area contributed by atoms with Crippen LogP contribution in [0.2, 0.25) is 0 Å². The van der Waals surface area contributed by atoms with Gasteiger partial charge in [0.05, 0.1) is 10.8 Å². The van der Waals surface area contributed by atoms with E-state index in [1.807, 2.05) is 36.4 Å². The van der Waals surface area contributed by atoms with Crippen LogP contribution in [-0.2, 0) is 10.0 Å². The minimum atomic E-state index is -3.52. The number of fused-ring (bicyclic) bond motifs is 3. The molecular formula is C24H24N2O3S. The zero-order chi connectivity index (χ0) is 21.5. The Labute approximate surface area is 177 Å². The van der Waals surface area contributed by atoms with Gasteiger partial charge >= 0.3 is 0 Å². The Hall–Kier alpha value is -3.12. The maximum absolute atomic E-state index is 12.9. The van der Waals surface area contributed by atoms with Crippen molar-refractivity contribution in [3.8, 4) is 11.1 Å². The van der Waals surface area contributed by atoms with Crippen LogP contribution in [0.4, 0.5) is 5.69 Å². The van der Waals surface area contributed by atoms with Crippen molar-refractivity contribution >= 4 is 21.6 Å². The fourth-order valence-corrected chi connectivity index (χ4v) is 4.28. The van der Waals surface area contributed by atoms with Crippen LogP contribution < -0.4 is 10.0 Å². The molecule has 0 unspecified atom stereocenters. The fourth-order valence-electron chi connectivity index (χ4n) is 3.52. The van der Waals surface area contributed by atoms with Crippen molar-refractivity contribution in [3.63, 3.8) is 0 Å². The lowest BCUT2D eigenvalue weighted by Crippen LogP contribution is -2.33. The lowest BCUT2D eigenvalue weighted by molar-refractivity contribution is 0.0943. The number of sulfonamides is 1. The molecule has 2 N–H and O–H groups in total. The van der Waals surface area contributed by atoms with Crippen LogP contribution in [-0.4, -0.2) is 19.1 Å². The molecule has 0 saturated carbocycles. The second-order valence-electron chi connectivity index (χ2n) is 8.38. The number of hydrogen-bond donors (Lipinski definition) is 2. The van der Waals surface area contributed by atoms with Gasteiger partial charge in [-0.3, -0.25) is 9.52 Å². The van der Waals surface area contributed by atoms with Crippen molar-refractivity contribution in [1.29, 1.82) is 0 Å². The van der Waals surface area contributed by atoms with Crippen molar-refractivity contribution in [2.75, 3.05) is 4.72 Å². The van der Waals surface area contributed by atoms with E-state index < -0.39 is 14.8 Å². The van der Waals surface area contributed by atoms with E-state index in [9.17, 15) is 13.2 Å². The Morgan fingerprint density at radius 2 is 1.30 bits per heavy atom. The Morgan fingerprint density at radius 1 is 0.800 bits per heavy atom. The van der Waals surface area contributed by atoms with Crippen molar-refractivity contribution in [1.82, 2.24) is 5.32 Å². The van der Waals surface area contributed by atoms with Crippen molar-refractivity contribution in [2.24, 2.45) is 0 Å². The topological polar surface area (TPSA) is 75.3 Å². The molecule has 3 aromatic rings. The molecule has 1 aliphatic carbocycles. The summed E-state index contributed by atoms with van der Waals surface area (Å²) in [6.07, 6.45) is 0. The van der Waals surface area contributed by atoms with E-state index in [1.165, 1.54) is 0 Å². The molecule has 4 rings (SSSR count). The molecule has 5 nitrogen and oxygen atoms in total. The number of anilines is 1. The lowest BCUT2D eigenvalue weighted by Gasteiger charge is -2.20. The molecular weight excluding hydrogens is 396 g/mol. The quantitative estimate of drug-likeness (QED) is 0.641. The van der Waals surface area contributed by atoms with Crippen molar-refractivity contribution in [2.45, 2.75) is 31.6 Å². The highest BCUT2D eigenvalue weighted by Gasteiger charge is 2.30. The van der Waals surface area contributed by atoms with Gasteiger partial charge in [0, 0.05) is 11.3 Å². The number of carbonyl (C=O) groups is 1. The molecule has 0 bridgehead atoms. The minimum absolute atomic E-state index is 0.211. The molecule has 0 heterocycles. The number of benzene rings is 3. The summed E-state index contributed by atoms with van der Waals surface area (Å²) in [5.74, 6) is -0.211. The van der Waals surface area contributed by atoms with E-state index in [1.54, 1.807) is 45.0 Å². The van der Waals surface area contributed by atoms with Crippen LogP contribution in [0.3, 0.4) is 0 Å². The van der Waals surface area contributed by atoms with Crippen LogP contribution in [0, 0.1) is 0 Å². The monoisotopic (exact) mass is 420 g/mol. The van der Waals surface area contributed by atoms with Crippen LogP contribution in [0.15, 0.2) is 72.8 Å². The summed E-state index contributed by atoms with van der Waals surface area (Å²) in [6.45, 7) is 4.90. The molecule has 154 valence electrons. The molecule has 0 aromatic heterocycles. The van der Waals surface area contributed by atoms with Gasteiger partial charge in [-0.1, -0.05) is 48.5 Å². The van der Waals surface area contributed by atoms with E-state index in [-0.39, 0.29) is 11.9 Å². The second-order valence-corrected chi connectivity index (χ2v) is 10.8. The first-order valence-corrected chi connectivity index (χ1v) is 11.3. The maximum Gasteiger partial charge on any atom is 0.252 e. The third kappa shape index (κ3) is 3.59. The highest BCUT2D eigenvalue weighted by Crippen LogP contribution is 2.43. The first kappa shape index (κ1) is 20.2. The summed E-state index contributed by atoms with van der Waals surface area (Å²) >= 11 is 0. The average molecular weight is 421 g/mol. The number of rotatable bonds is 4. The third-order valence-electron chi connectivity index (χ3n) is 5.31. The molecule has 3 aromatic carbocycles. The summed E-state index contributed by atoms with van der Waals surface area (Å²) in [4.78, 5) is 12.9. The molecule has 0 saturated heterocycles. The fraction of sp³-hybridized carbons (Fsp3) is 0.208. The molecule has 0 fully saturated rings. The van der Waals surface area contributed by atoms with Crippen LogP contribution >= 0.6 is 0 Å². The molecule has 0 aliphatic heterocycles. The normalized spacial score (nSPS) is 13.4. The number of amides is 1. The summed E-state index contributed by atoms with van der Waals surface area (Å²) in [7, 11) is -3.52. The maximum atomic E-state index is 12.9. The first-order valence-electron chi connectivity index (χ1n) is 9.79. The predicted octanol–water partition coefficient (Wildman–Crippen LogP) is 4.73. The molecule has 0 atom stereocenters. The summed E-state index contributed by atoms with van der Waals surface area (Å²) in [5.41, 5.74) is 5.30. The highest BCUT2D eigenvalue weighted by molar-refractivity contribution is 7.94. The smallest absolute Gasteiger partial charge is 0.252 e. The number of carbonyl (C=O) groups excluding carboxylic acids is 1. The van der Waals surface area contributed by atoms with Gasteiger partial charge in [0.15, 0.2) is 0 Å². The Balaban J connectivity index is 1.55. The first-order chi connectivity index (χ1) is 14.2. The largest absolute Gasteiger partial charge is 0.341 e. The third-order valence-corrected chi connectivity index (χ3v) is 7.43. The highest BCUT2D eigenvalue weighted by atomic mass is 32.2. The zero-order valence-corrected chi connectivity index (χ0v) is 18.0. The van der Waals surface area contributed by atoms with Gasteiger partial charge < -0.3 is 5.32 Å². The zero-order valence-electron chi connectivity index (χ0n) is 17.1. The second kappa shape index (κ2) is 7.29. The molecule has 1 amide bonds. The summed E-state index contributed by atoms with van der Waals surface area (Å²) in [6, 6.07) is 22.4. The van der Waals surface area contributed by atoms with Crippen LogP contribution in [0.5, 0.6) is 0 Å². The van der Waals surface area contributed by atoms with E-state index in [4.69, 9.17) is 0 Å². The molecule has 0 radical (unpaired) electrons. The Kier molecular flexibility index (Phi) is 4.90. The van der Waals surface area contributed by atoms with Gasteiger partial charge in [-0.15, -0.1) is 0 Å². The van der Waals surface area contributed by atoms with Gasteiger partial charge in [0.2, 0.25) is 10.0 Å². The molecule has 30 heavy (non-hydrogen) atoms. The Morgan fingerprint density at radius 3 is 1.80 bits per heavy atom. The van der Waals surface area contributed by atoms with Crippen LogP contribution in [0.25, 0.3) is 11.1 Å². The summed E-state index contributed by atoms with van der Waals surface area (Å²) in [5, 5.41) is 3.12. The number of hydrogen-bond acceptors (Lipinski definition) is 3. The molecule has 0 spiro atoms. The van der Waals surface area contributed by atoms with Gasteiger partial charge in [0.25, 0.3) is 5.91 Å². The summed E-state index contributed by atoms with van der Waals surface area (Å²) < 4.78 is 26.3. The van der Waals surface area contributed by atoms with Gasteiger partial charge in [-0.2, -0.15) is 0 Å². The molecule has 6 heteroatoms. The lowest BCUT2D eigenvalue weighted by atomic mass is 10.0. The van der Waals surface area contributed by atoms with Gasteiger partial charge in [-0.25, -0.2) is 8.42 Å². The van der Waals surface area contributed by atoms with Gasteiger partial charge in [-0.05, 0) is 67.3 Å². The van der Waals surface area contributed by atoms with Crippen molar-refractivity contribution < 1.29 is 13.2 Å². The van der Waals surface area contributed by atoms with Gasteiger partial charge in [0.1, 0.15) is 0 Å². The van der Waals surface area contributed by atoms with E-state index in [0.29, 0.717) is 11.3 Å². The SMILES string of the molecule is CC(C)(C)S(=O)(=O)Nc1ccc(C(=O)NC2c3ccccc3-c3ccccc32)cc1. The van der Waals surface area contributed by atoms with E-state index in [0.717, 1.165) is 22.3 Å². The molecule has 1 aliphatic rings. The van der Waals surface area contributed by atoms with E-state index >= 15 is 0 Å². The van der Waals surface area contributed by atoms with Crippen LogP contribution in [0.1, 0.15) is 48.3 Å². The predicted molar refractivity (Wildman–Crippen MR) is 120 cm³/mol. The standard InChI is InChI=1S/C24H24N2O3S/c1-24(2,3)30(28,29)26-17-14-12-16(13-15-17)23(27)25-22-20-10-6-4-8-18(20)19-9-5-7-11-21(19)22/h4-15,22,26H,1-3H3,(H,25,27). The average Bonchev–Trinajstić information content (AvgIpc) is 3.02.